The van der Waals surface area contributed by atoms with Gasteiger partial charge in [0.05, 0.1) is 0 Å². The fraction of sp³-hybridized carbons (Fsp3) is 0.611. The van der Waals surface area contributed by atoms with E-state index in [2.05, 4.69) is 56.9 Å². The fourth-order valence-electron chi connectivity index (χ4n) is 2.54. The molecule has 1 rings (SSSR count). The zero-order valence-electron chi connectivity index (χ0n) is 13.4. The summed E-state index contributed by atoms with van der Waals surface area (Å²) < 4.78 is 0. The van der Waals surface area contributed by atoms with Crippen LogP contribution in [-0.2, 0) is 11.2 Å². The molecule has 1 amide bonds. The molecule has 0 N–H and O–H groups in total. The lowest BCUT2D eigenvalue weighted by Gasteiger charge is -2.34. The van der Waals surface area contributed by atoms with E-state index in [0.717, 1.165) is 25.7 Å². The molecule has 0 aliphatic carbocycles. The highest BCUT2D eigenvalue weighted by atomic mass is 16.2. The third kappa shape index (κ3) is 4.99. The molecule has 1 aromatic rings. The van der Waals surface area contributed by atoms with Crippen LogP contribution in [0.25, 0.3) is 0 Å². The highest BCUT2D eigenvalue weighted by molar-refractivity contribution is 5.76. The number of rotatable bonds is 8. The van der Waals surface area contributed by atoms with Crippen molar-refractivity contribution >= 4 is 5.91 Å². The zero-order chi connectivity index (χ0) is 15.0. The molecule has 20 heavy (non-hydrogen) atoms. The van der Waals surface area contributed by atoms with Crippen molar-refractivity contribution in [3.05, 3.63) is 35.9 Å². The Hall–Kier alpha value is -1.31. The van der Waals surface area contributed by atoms with Crippen molar-refractivity contribution < 1.29 is 4.79 Å². The Balaban J connectivity index is 2.50. The smallest absolute Gasteiger partial charge is 0.223 e. The van der Waals surface area contributed by atoms with Crippen LogP contribution >= 0.6 is 0 Å². The number of hydrogen-bond acceptors (Lipinski definition) is 1. The van der Waals surface area contributed by atoms with Gasteiger partial charge < -0.3 is 4.90 Å². The van der Waals surface area contributed by atoms with E-state index in [1.54, 1.807) is 0 Å². The Morgan fingerprint density at radius 3 is 2.10 bits per heavy atom. The highest BCUT2D eigenvalue weighted by Gasteiger charge is 2.22. The van der Waals surface area contributed by atoms with Crippen LogP contribution in [-0.4, -0.2) is 22.9 Å². The van der Waals surface area contributed by atoms with Crippen molar-refractivity contribution in [3.63, 3.8) is 0 Å². The molecule has 0 aliphatic heterocycles. The molecular formula is C18H29NO. The lowest BCUT2D eigenvalue weighted by atomic mass is 10.1. The lowest BCUT2D eigenvalue weighted by molar-refractivity contribution is -0.135. The van der Waals surface area contributed by atoms with E-state index >= 15 is 0 Å². The van der Waals surface area contributed by atoms with Gasteiger partial charge in [0.25, 0.3) is 0 Å². The van der Waals surface area contributed by atoms with Gasteiger partial charge in [-0.15, -0.1) is 0 Å². The molecule has 0 saturated heterocycles. The summed E-state index contributed by atoms with van der Waals surface area (Å²) in [4.78, 5) is 14.5. The second-order valence-electron chi connectivity index (χ2n) is 5.65. The van der Waals surface area contributed by atoms with Crippen molar-refractivity contribution in [1.29, 1.82) is 0 Å². The van der Waals surface area contributed by atoms with Crippen molar-refractivity contribution in [2.24, 2.45) is 0 Å². The van der Waals surface area contributed by atoms with Crippen LogP contribution in [0.15, 0.2) is 30.3 Å². The van der Waals surface area contributed by atoms with E-state index < -0.39 is 0 Å². The fourth-order valence-corrected chi connectivity index (χ4v) is 2.54. The predicted molar refractivity (Wildman–Crippen MR) is 85.7 cm³/mol. The molecule has 0 bridgehead atoms. The molecule has 0 heterocycles. The number of carbonyl (C=O) groups excluding carboxylic acids is 1. The number of aryl methyl sites for hydroxylation is 1. The van der Waals surface area contributed by atoms with Crippen LogP contribution in [0.2, 0.25) is 0 Å². The summed E-state index contributed by atoms with van der Waals surface area (Å²) in [5.74, 6) is 0.310. The third-order valence-corrected chi connectivity index (χ3v) is 4.12. The standard InChI is InChI=1S/C18H29NO/c1-5-15(3)19(16(4)6-2)18(20)14-10-13-17-11-8-7-9-12-17/h7-9,11-12,15-16H,5-6,10,13-14H2,1-4H3. The summed E-state index contributed by atoms with van der Waals surface area (Å²) in [6.07, 6.45) is 4.63. The molecule has 1 aromatic carbocycles. The van der Waals surface area contributed by atoms with Gasteiger partial charge in [0.2, 0.25) is 5.91 Å². The molecule has 112 valence electrons. The minimum absolute atomic E-state index is 0.310. The Morgan fingerprint density at radius 2 is 1.60 bits per heavy atom. The van der Waals surface area contributed by atoms with Gasteiger partial charge in [-0.25, -0.2) is 0 Å². The first kappa shape index (κ1) is 16.7. The first-order valence-electron chi connectivity index (χ1n) is 7.95. The van der Waals surface area contributed by atoms with Gasteiger partial charge in [-0.3, -0.25) is 4.79 Å². The van der Waals surface area contributed by atoms with Crippen LogP contribution in [0.5, 0.6) is 0 Å². The van der Waals surface area contributed by atoms with Gasteiger partial charge in [-0.05, 0) is 45.1 Å². The molecular weight excluding hydrogens is 246 g/mol. The van der Waals surface area contributed by atoms with E-state index in [4.69, 9.17) is 0 Å². The van der Waals surface area contributed by atoms with Crippen LogP contribution in [0.3, 0.4) is 0 Å². The molecule has 2 heteroatoms. The average molecular weight is 275 g/mol. The Labute approximate surface area is 124 Å². The van der Waals surface area contributed by atoms with Crippen molar-refractivity contribution in [2.75, 3.05) is 0 Å². The van der Waals surface area contributed by atoms with E-state index in [1.165, 1.54) is 5.56 Å². The summed E-state index contributed by atoms with van der Waals surface area (Å²) in [7, 11) is 0. The Morgan fingerprint density at radius 1 is 1.05 bits per heavy atom. The van der Waals surface area contributed by atoms with E-state index in [9.17, 15) is 4.79 Å². The monoisotopic (exact) mass is 275 g/mol. The molecule has 2 atom stereocenters. The molecule has 0 radical (unpaired) electrons. The second kappa shape index (κ2) is 8.78. The Bertz CT molecular complexity index is 378. The molecule has 0 aliphatic rings. The maximum atomic E-state index is 12.5. The van der Waals surface area contributed by atoms with Crippen LogP contribution < -0.4 is 0 Å². The van der Waals surface area contributed by atoms with Crippen molar-refractivity contribution in [2.45, 2.75) is 71.9 Å². The second-order valence-corrected chi connectivity index (χ2v) is 5.65. The van der Waals surface area contributed by atoms with Crippen molar-refractivity contribution in [1.82, 2.24) is 4.90 Å². The van der Waals surface area contributed by atoms with Crippen LogP contribution in [0.4, 0.5) is 0 Å². The summed E-state index contributed by atoms with van der Waals surface area (Å²) in [5.41, 5.74) is 1.32. The number of amides is 1. The summed E-state index contributed by atoms with van der Waals surface area (Å²) >= 11 is 0. The first-order chi connectivity index (χ1) is 9.60. The van der Waals surface area contributed by atoms with Gasteiger partial charge in [0, 0.05) is 18.5 Å². The summed E-state index contributed by atoms with van der Waals surface area (Å²) in [6, 6.07) is 11.1. The zero-order valence-corrected chi connectivity index (χ0v) is 13.4. The first-order valence-corrected chi connectivity index (χ1v) is 7.95. The largest absolute Gasteiger partial charge is 0.337 e. The topological polar surface area (TPSA) is 20.3 Å². The van der Waals surface area contributed by atoms with Gasteiger partial charge in [-0.2, -0.15) is 0 Å². The minimum atomic E-state index is 0.310. The van der Waals surface area contributed by atoms with Gasteiger partial charge in [0.1, 0.15) is 0 Å². The van der Waals surface area contributed by atoms with Crippen LogP contribution in [0.1, 0.15) is 58.9 Å². The van der Waals surface area contributed by atoms with E-state index in [1.807, 2.05) is 6.07 Å². The summed E-state index contributed by atoms with van der Waals surface area (Å²) in [6.45, 7) is 8.61. The lowest BCUT2D eigenvalue weighted by Crippen LogP contribution is -2.44. The van der Waals surface area contributed by atoms with E-state index in [0.29, 0.717) is 24.4 Å². The number of nitrogens with zero attached hydrogens (tertiary/aromatic N) is 1. The predicted octanol–water partition coefficient (Wildman–Crippen LogP) is 4.43. The molecule has 2 nitrogen and oxygen atoms in total. The van der Waals surface area contributed by atoms with Gasteiger partial charge in [0.15, 0.2) is 0 Å². The number of carbonyl (C=O) groups is 1. The molecule has 0 spiro atoms. The third-order valence-electron chi connectivity index (χ3n) is 4.12. The molecule has 0 fully saturated rings. The van der Waals surface area contributed by atoms with E-state index in [-0.39, 0.29) is 0 Å². The Kier molecular flexibility index (Phi) is 7.35. The van der Waals surface area contributed by atoms with Gasteiger partial charge in [-0.1, -0.05) is 44.2 Å². The number of benzene rings is 1. The average Bonchev–Trinajstić information content (AvgIpc) is 2.48. The normalized spacial score (nSPS) is 13.8. The maximum absolute atomic E-state index is 12.5. The highest BCUT2D eigenvalue weighted by Crippen LogP contribution is 2.15. The summed E-state index contributed by atoms with van der Waals surface area (Å²) in [5, 5.41) is 0. The molecule has 0 aromatic heterocycles. The minimum Gasteiger partial charge on any atom is -0.337 e. The molecule has 0 saturated carbocycles. The molecule has 2 unspecified atom stereocenters. The van der Waals surface area contributed by atoms with Crippen LogP contribution in [0, 0.1) is 0 Å². The maximum Gasteiger partial charge on any atom is 0.223 e. The van der Waals surface area contributed by atoms with Gasteiger partial charge >= 0.3 is 0 Å². The quantitative estimate of drug-likeness (QED) is 0.687. The SMILES string of the molecule is CCC(C)N(C(=O)CCCc1ccccc1)C(C)CC. The number of hydrogen-bond donors (Lipinski definition) is 0. The van der Waals surface area contributed by atoms with Crippen molar-refractivity contribution in [3.8, 4) is 0 Å².